The Morgan fingerprint density at radius 1 is 0.714 bits per heavy atom. The van der Waals surface area contributed by atoms with E-state index in [-0.39, 0.29) is 19.1 Å². The summed E-state index contributed by atoms with van der Waals surface area (Å²) in [5, 5.41) is 13.7. The minimum atomic E-state index is -4.28. The van der Waals surface area contributed by atoms with Crippen molar-refractivity contribution in [2.24, 2.45) is 0 Å². The van der Waals surface area contributed by atoms with Crippen molar-refractivity contribution in [2.75, 3.05) is 40.9 Å². The third kappa shape index (κ3) is 28.3. The number of unbranched alkanes of at least 4 members (excludes halogenated alkanes) is 18. The van der Waals surface area contributed by atoms with Crippen LogP contribution < -0.4 is 5.32 Å². The van der Waals surface area contributed by atoms with Crippen LogP contribution in [0, 0.1) is 0 Å². The first-order chi connectivity index (χ1) is 20.0. The van der Waals surface area contributed by atoms with Crippen LogP contribution in [0.3, 0.4) is 0 Å². The number of rotatable bonds is 31. The van der Waals surface area contributed by atoms with Gasteiger partial charge in [-0.05, 0) is 12.8 Å². The minimum absolute atomic E-state index is 0.0769. The highest BCUT2D eigenvalue weighted by atomic mass is 31.2. The molecule has 1 amide bonds. The summed E-state index contributed by atoms with van der Waals surface area (Å²) in [7, 11) is 1.62. The lowest BCUT2D eigenvalue weighted by molar-refractivity contribution is -0.870. The summed E-state index contributed by atoms with van der Waals surface area (Å²) in [5.74, 6) is -0.151. The van der Waals surface area contributed by atoms with E-state index in [1.807, 2.05) is 21.1 Å². The molecule has 42 heavy (non-hydrogen) atoms. The standard InChI is InChI=1S/C33H69N2O6P/c1-6-8-10-12-13-14-15-16-17-18-19-20-21-23-25-27-33(37)34-31(32(36)26-24-22-11-9-7-2)30-41-42(38,39)40-29-28-35(3,4)5/h31-32,36H,6-30H2,1-5H3,(H-,34,37,38,39)/p+1. The predicted molar refractivity (Wildman–Crippen MR) is 175 cm³/mol. The summed E-state index contributed by atoms with van der Waals surface area (Å²) in [4.78, 5) is 22.8. The van der Waals surface area contributed by atoms with Gasteiger partial charge in [0.15, 0.2) is 0 Å². The summed E-state index contributed by atoms with van der Waals surface area (Å²) in [6, 6.07) is -0.748. The molecule has 8 nitrogen and oxygen atoms in total. The number of carbonyl (C=O) groups is 1. The Bertz CT molecular complexity index is 673. The first-order valence-electron chi connectivity index (χ1n) is 17.4. The van der Waals surface area contributed by atoms with Gasteiger partial charge >= 0.3 is 7.82 Å². The maximum Gasteiger partial charge on any atom is 0.472 e. The molecule has 0 rings (SSSR count). The van der Waals surface area contributed by atoms with Crippen molar-refractivity contribution >= 4 is 13.7 Å². The fourth-order valence-corrected chi connectivity index (χ4v) is 5.72. The van der Waals surface area contributed by atoms with Crippen LogP contribution >= 0.6 is 7.82 Å². The molecule has 0 saturated heterocycles. The van der Waals surface area contributed by atoms with Gasteiger partial charge in [-0.3, -0.25) is 13.8 Å². The Balaban J connectivity index is 4.28. The molecule has 0 aromatic heterocycles. The van der Waals surface area contributed by atoms with Gasteiger partial charge in [-0.2, -0.15) is 0 Å². The van der Waals surface area contributed by atoms with Gasteiger partial charge < -0.3 is 19.8 Å². The number of hydrogen-bond donors (Lipinski definition) is 3. The van der Waals surface area contributed by atoms with Gasteiger partial charge in [0.2, 0.25) is 5.91 Å². The lowest BCUT2D eigenvalue weighted by atomic mass is 10.0. The van der Waals surface area contributed by atoms with Gasteiger partial charge in [-0.15, -0.1) is 0 Å². The number of phosphoric acid groups is 1. The average molecular weight is 622 g/mol. The van der Waals surface area contributed by atoms with Crippen molar-refractivity contribution in [1.82, 2.24) is 5.32 Å². The third-order valence-corrected chi connectivity index (χ3v) is 8.84. The molecule has 0 aromatic carbocycles. The van der Waals surface area contributed by atoms with Gasteiger partial charge in [0, 0.05) is 6.42 Å². The maximum atomic E-state index is 12.7. The van der Waals surface area contributed by atoms with Crippen molar-refractivity contribution in [3.8, 4) is 0 Å². The highest BCUT2D eigenvalue weighted by molar-refractivity contribution is 7.47. The first-order valence-corrected chi connectivity index (χ1v) is 18.9. The molecule has 0 spiro atoms. The number of quaternary nitrogens is 1. The van der Waals surface area contributed by atoms with Crippen LogP contribution in [0.15, 0.2) is 0 Å². The second kappa shape index (κ2) is 26.9. The Morgan fingerprint density at radius 2 is 1.14 bits per heavy atom. The minimum Gasteiger partial charge on any atom is -0.391 e. The number of hydrogen-bond acceptors (Lipinski definition) is 5. The van der Waals surface area contributed by atoms with Gasteiger partial charge in [-0.1, -0.05) is 136 Å². The van der Waals surface area contributed by atoms with E-state index < -0.39 is 20.0 Å². The summed E-state index contributed by atoms with van der Waals surface area (Å²) in [6.45, 7) is 4.78. The van der Waals surface area contributed by atoms with Crippen LogP contribution in [0.25, 0.3) is 0 Å². The largest absolute Gasteiger partial charge is 0.472 e. The maximum absolute atomic E-state index is 12.7. The summed E-state index contributed by atoms with van der Waals surface area (Å²) < 4.78 is 23.3. The van der Waals surface area contributed by atoms with Crippen molar-refractivity contribution in [3.63, 3.8) is 0 Å². The molecule has 0 bridgehead atoms. The molecule has 0 aliphatic carbocycles. The van der Waals surface area contributed by atoms with E-state index >= 15 is 0 Å². The molecule has 0 aliphatic heterocycles. The van der Waals surface area contributed by atoms with Crippen molar-refractivity contribution in [2.45, 2.75) is 167 Å². The monoisotopic (exact) mass is 621 g/mol. The van der Waals surface area contributed by atoms with Gasteiger partial charge in [-0.25, -0.2) is 4.57 Å². The quantitative estimate of drug-likeness (QED) is 0.0409. The number of nitrogens with zero attached hydrogens (tertiary/aromatic N) is 1. The molecule has 3 N–H and O–H groups in total. The van der Waals surface area contributed by atoms with Crippen molar-refractivity contribution < 1.29 is 32.9 Å². The fraction of sp³-hybridized carbons (Fsp3) is 0.970. The highest BCUT2D eigenvalue weighted by Gasteiger charge is 2.28. The topological polar surface area (TPSA) is 105 Å². The van der Waals surface area contributed by atoms with Crippen LogP contribution in [0.2, 0.25) is 0 Å². The molecule has 0 radical (unpaired) electrons. The van der Waals surface area contributed by atoms with Crippen LogP contribution in [-0.4, -0.2) is 73.4 Å². The number of phosphoric ester groups is 1. The summed E-state index contributed by atoms with van der Waals surface area (Å²) in [5.41, 5.74) is 0. The molecule has 3 atom stereocenters. The molecule has 0 aromatic rings. The van der Waals surface area contributed by atoms with E-state index in [9.17, 15) is 19.4 Å². The molecule has 0 aliphatic rings. The van der Waals surface area contributed by atoms with Crippen LogP contribution in [0.4, 0.5) is 0 Å². The lowest BCUT2D eigenvalue weighted by Crippen LogP contribution is -2.46. The zero-order valence-corrected chi connectivity index (χ0v) is 29.1. The molecule has 9 heteroatoms. The molecule has 0 saturated carbocycles. The average Bonchev–Trinajstić information content (AvgIpc) is 2.92. The van der Waals surface area contributed by atoms with Gasteiger partial charge in [0.05, 0.1) is 39.9 Å². The summed E-state index contributed by atoms with van der Waals surface area (Å²) in [6.07, 6.45) is 24.4. The molecular formula is C33H70N2O6P+. The molecule has 252 valence electrons. The Morgan fingerprint density at radius 3 is 1.60 bits per heavy atom. The van der Waals surface area contributed by atoms with Crippen LogP contribution in [0.1, 0.15) is 155 Å². The number of amides is 1. The Hall–Kier alpha value is -0.500. The number of carbonyl (C=O) groups excluding carboxylic acids is 1. The fourth-order valence-electron chi connectivity index (χ4n) is 4.98. The van der Waals surface area contributed by atoms with E-state index in [0.717, 1.165) is 51.4 Å². The highest BCUT2D eigenvalue weighted by Crippen LogP contribution is 2.43. The summed E-state index contributed by atoms with van der Waals surface area (Å²) >= 11 is 0. The zero-order chi connectivity index (χ0) is 31.5. The van der Waals surface area contributed by atoms with E-state index in [0.29, 0.717) is 23.9 Å². The van der Waals surface area contributed by atoms with E-state index in [1.54, 1.807) is 0 Å². The van der Waals surface area contributed by atoms with Gasteiger partial charge in [0.25, 0.3) is 0 Å². The first kappa shape index (κ1) is 41.5. The Labute approximate surface area is 259 Å². The normalized spacial score (nSPS) is 14.9. The second-order valence-electron chi connectivity index (χ2n) is 13.3. The Kier molecular flexibility index (Phi) is 26.5. The molecule has 3 unspecified atom stereocenters. The third-order valence-electron chi connectivity index (χ3n) is 7.86. The van der Waals surface area contributed by atoms with E-state index in [2.05, 4.69) is 19.2 Å². The van der Waals surface area contributed by atoms with E-state index in [1.165, 1.54) is 77.0 Å². The van der Waals surface area contributed by atoms with Crippen molar-refractivity contribution in [3.05, 3.63) is 0 Å². The number of likely N-dealkylation sites (N-methyl/N-ethyl adjacent to an activating group) is 1. The number of aliphatic hydroxyl groups excluding tert-OH is 1. The van der Waals surface area contributed by atoms with Gasteiger partial charge in [0.1, 0.15) is 13.2 Å². The SMILES string of the molecule is CCCCCCCCCCCCCCCCCC(=O)NC(COP(=O)(O)OCC[N+](C)(C)C)C(O)CCCCCCC. The lowest BCUT2D eigenvalue weighted by Gasteiger charge is -2.26. The zero-order valence-electron chi connectivity index (χ0n) is 28.3. The molecule has 0 heterocycles. The molecular weight excluding hydrogens is 551 g/mol. The smallest absolute Gasteiger partial charge is 0.391 e. The number of nitrogens with one attached hydrogen (secondary N) is 1. The predicted octanol–water partition coefficient (Wildman–Crippen LogP) is 8.29. The van der Waals surface area contributed by atoms with Crippen LogP contribution in [-0.2, 0) is 18.4 Å². The van der Waals surface area contributed by atoms with Crippen LogP contribution in [0.5, 0.6) is 0 Å². The number of aliphatic hydroxyl groups is 1. The van der Waals surface area contributed by atoms with E-state index in [4.69, 9.17) is 9.05 Å². The molecule has 0 fully saturated rings. The van der Waals surface area contributed by atoms with Crippen molar-refractivity contribution in [1.29, 1.82) is 0 Å². The second-order valence-corrected chi connectivity index (χ2v) is 14.7.